The van der Waals surface area contributed by atoms with Crippen LogP contribution in [-0.4, -0.2) is 11.9 Å². The Labute approximate surface area is 117 Å². The van der Waals surface area contributed by atoms with Crippen LogP contribution in [0.25, 0.3) is 0 Å². The van der Waals surface area contributed by atoms with Gasteiger partial charge < -0.3 is 5.32 Å². The van der Waals surface area contributed by atoms with Gasteiger partial charge in [-0.3, -0.25) is 9.63 Å². The fourth-order valence-electron chi connectivity index (χ4n) is 2.29. The summed E-state index contributed by atoms with van der Waals surface area (Å²) in [6.45, 7) is 0.367. The van der Waals surface area contributed by atoms with Crippen molar-refractivity contribution in [2.45, 2.75) is 19.1 Å². The topological polar surface area (TPSA) is 50.4 Å². The molecule has 4 nitrogen and oxygen atoms in total. The third-order valence-electron chi connectivity index (χ3n) is 3.34. The van der Waals surface area contributed by atoms with Crippen molar-refractivity contribution in [2.24, 2.45) is 0 Å². The van der Waals surface area contributed by atoms with Crippen LogP contribution >= 0.6 is 0 Å². The Morgan fingerprint density at radius 1 is 1.15 bits per heavy atom. The lowest BCUT2D eigenvalue weighted by Gasteiger charge is -2.11. The van der Waals surface area contributed by atoms with Gasteiger partial charge in [-0.15, -0.1) is 0 Å². The molecule has 1 heterocycles. The number of hydroxylamine groups is 1. The van der Waals surface area contributed by atoms with E-state index < -0.39 is 0 Å². The summed E-state index contributed by atoms with van der Waals surface area (Å²) in [6.07, 6.45) is 0.691. The van der Waals surface area contributed by atoms with Crippen LogP contribution in [-0.2, 0) is 22.7 Å². The van der Waals surface area contributed by atoms with Gasteiger partial charge in [-0.1, -0.05) is 48.5 Å². The van der Waals surface area contributed by atoms with E-state index >= 15 is 0 Å². The molecule has 0 radical (unpaired) electrons. The Balaban J connectivity index is 1.49. The summed E-state index contributed by atoms with van der Waals surface area (Å²) in [5.74, 6) is -0.142. The van der Waals surface area contributed by atoms with Gasteiger partial charge in [0.05, 0.1) is 6.61 Å². The van der Waals surface area contributed by atoms with Crippen molar-refractivity contribution in [1.29, 1.82) is 0 Å². The van der Waals surface area contributed by atoms with Gasteiger partial charge in [0.2, 0.25) is 0 Å². The first-order chi connectivity index (χ1) is 9.83. The number of para-hydroxylation sites is 1. The molecule has 3 rings (SSSR count). The Bertz CT molecular complexity index is 573. The molecular formula is C16H16N2O2. The normalized spacial score (nSPS) is 16.3. The molecule has 0 spiro atoms. The summed E-state index contributed by atoms with van der Waals surface area (Å²) in [4.78, 5) is 17.3. The average Bonchev–Trinajstić information content (AvgIpc) is 2.92. The van der Waals surface area contributed by atoms with E-state index in [4.69, 9.17) is 4.84 Å². The second-order valence-electron chi connectivity index (χ2n) is 4.80. The molecule has 4 heteroatoms. The molecule has 2 N–H and O–H groups in total. The van der Waals surface area contributed by atoms with Crippen LogP contribution in [0.3, 0.4) is 0 Å². The fourth-order valence-corrected chi connectivity index (χ4v) is 2.29. The molecule has 1 aliphatic rings. The van der Waals surface area contributed by atoms with E-state index in [2.05, 4.69) is 10.8 Å². The van der Waals surface area contributed by atoms with Crippen LogP contribution in [0.5, 0.6) is 0 Å². The largest absolute Gasteiger partial charge is 0.373 e. The molecule has 1 unspecified atom stereocenters. The number of rotatable bonds is 4. The Morgan fingerprint density at radius 2 is 1.90 bits per heavy atom. The van der Waals surface area contributed by atoms with Gasteiger partial charge >= 0.3 is 0 Å². The van der Waals surface area contributed by atoms with Crippen molar-refractivity contribution in [3.05, 3.63) is 65.7 Å². The number of anilines is 1. The maximum Gasteiger partial charge on any atom is 0.266 e. The van der Waals surface area contributed by atoms with E-state index in [0.717, 1.165) is 16.8 Å². The highest BCUT2D eigenvalue weighted by molar-refractivity contribution is 5.86. The van der Waals surface area contributed by atoms with Gasteiger partial charge in [-0.05, 0) is 17.2 Å². The number of carbonyl (C=O) groups is 1. The summed E-state index contributed by atoms with van der Waals surface area (Å²) >= 11 is 0. The van der Waals surface area contributed by atoms with Gasteiger partial charge in [0.15, 0.2) is 0 Å². The molecule has 102 valence electrons. The minimum atomic E-state index is -0.261. The molecule has 2 aromatic carbocycles. The summed E-state index contributed by atoms with van der Waals surface area (Å²) in [5, 5.41) is 3.19. The van der Waals surface area contributed by atoms with E-state index in [1.807, 2.05) is 54.6 Å². The summed E-state index contributed by atoms with van der Waals surface area (Å²) in [6, 6.07) is 17.4. The predicted molar refractivity (Wildman–Crippen MR) is 76.9 cm³/mol. The number of hydrogen-bond acceptors (Lipinski definition) is 3. The zero-order chi connectivity index (χ0) is 13.8. The van der Waals surface area contributed by atoms with Crippen molar-refractivity contribution in [3.63, 3.8) is 0 Å². The summed E-state index contributed by atoms with van der Waals surface area (Å²) in [5.41, 5.74) is 5.72. The highest BCUT2D eigenvalue weighted by Crippen LogP contribution is 2.24. The molecule has 20 heavy (non-hydrogen) atoms. The van der Waals surface area contributed by atoms with E-state index in [1.165, 1.54) is 0 Å². The van der Waals surface area contributed by atoms with Crippen molar-refractivity contribution in [3.8, 4) is 0 Å². The lowest BCUT2D eigenvalue weighted by molar-refractivity contribution is -0.135. The molecule has 2 aromatic rings. The first-order valence-electron chi connectivity index (χ1n) is 6.63. The van der Waals surface area contributed by atoms with E-state index in [0.29, 0.717) is 13.0 Å². The van der Waals surface area contributed by atoms with Crippen LogP contribution in [0.15, 0.2) is 54.6 Å². The lowest BCUT2D eigenvalue weighted by Crippen LogP contribution is -2.38. The standard InChI is InChI=1S/C16H16N2O2/c19-16(18-20-11-12-6-2-1-3-7-12)15-10-13-8-4-5-9-14(13)17-15/h1-9,15,17H,10-11H2,(H,18,19). The quantitative estimate of drug-likeness (QED) is 0.836. The molecule has 0 aliphatic carbocycles. The number of fused-ring (bicyclic) bond motifs is 1. The SMILES string of the molecule is O=C(NOCc1ccccc1)C1Cc2ccccc2N1. The summed E-state index contributed by atoms with van der Waals surface area (Å²) < 4.78 is 0. The maximum atomic E-state index is 12.0. The average molecular weight is 268 g/mol. The van der Waals surface area contributed by atoms with Gasteiger partial charge in [0, 0.05) is 12.1 Å². The number of hydrogen-bond donors (Lipinski definition) is 2. The second kappa shape index (κ2) is 5.75. The first kappa shape index (κ1) is 12.7. The van der Waals surface area contributed by atoms with Gasteiger partial charge in [0.25, 0.3) is 5.91 Å². The first-order valence-corrected chi connectivity index (χ1v) is 6.63. The smallest absolute Gasteiger partial charge is 0.266 e. The highest BCUT2D eigenvalue weighted by Gasteiger charge is 2.26. The second-order valence-corrected chi connectivity index (χ2v) is 4.80. The molecule has 1 aliphatic heterocycles. The predicted octanol–water partition coefficient (Wildman–Crippen LogP) is 2.27. The zero-order valence-electron chi connectivity index (χ0n) is 11.0. The minimum Gasteiger partial charge on any atom is -0.373 e. The minimum absolute atomic E-state index is 0.142. The Kier molecular flexibility index (Phi) is 3.65. The number of benzene rings is 2. The van der Waals surface area contributed by atoms with Crippen molar-refractivity contribution in [2.75, 3.05) is 5.32 Å². The third-order valence-corrected chi connectivity index (χ3v) is 3.34. The van der Waals surface area contributed by atoms with Crippen molar-refractivity contribution >= 4 is 11.6 Å². The summed E-state index contributed by atoms with van der Waals surface area (Å²) in [7, 11) is 0. The number of amides is 1. The Hall–Kier alpha value is -2.33. The van der Waals surface area contributed by atoms with Gasteiger partial charge in [0.1, 0.15) is 6.04 Å². The number of carbonyl (C=O) groups excluding carboxylic acids is 1. The Morgan fingerprint density at radius 3 is 2.70 bits per heavy atom. The van der Waals surface area contributed by atoms with Crippen molar-refractivity contribution in [1.82, 2.24) is 5.48 Å². The molecule has 0 saturated carbocycles. The van der Waals surface area contributed by atoms with Crippen LogP contribution in [0.4, 0.5) is 5.69 Å². The van der Waals surface area contributed by atoms with E-state index in [-0.39, 0.29) is 11.9 Å². The maximum absolute atomic E-state index is 12.0. The zero-order valence-corrected chi connectivity index (χ0v) is 11.0. The van der Waals surface area contributed by atoms with E-state index in [1.54, 1.807) is 0 Å². The highest BCUT2D eigenvalue weighted by atomic mass is 16.6. The monoisotopic (exact) mass is 268 g/mol. The third kappa shape index (κ3) is 2.81. The molecule has 1 amide bonds. The molecule has 1 atom stereocenters. The van der Waals surface area contributed by atoms with Gasteiger partial charge in [-0.2, -0.15) is 0 Å². The van der Waals surface area contributed by atoms with E-state index in [9.17, 15) is 4.79 Å². The van der Waals surface area contributed by atoms with Crippen molar-refractivity contribution < 1.29 is 9.63 Å². The molecule has 0 bridgehead atoms. The number of nitrogens with one attached hydrogen (secondary N) is 2. The molecule has 0 fully saturated rings. The van der Waals surface area contributed by atoms with Crippen LogP contribution in [0.2, 0.25) is 0 Å². The molecular weight excluding hydrogens is 252 g/mol. The van der Waals surface area contributed by atoms with Crippen LogP contribution in [0, 0.1) is 0 Å². The molecule has 0 saturated heterocycles. The van der Waals surface area contributed by atoms with Gasteiger partial charge in [-0.25, -0.2) is 5.48 Å². The lowest BCUT2D eigenvalue weighted by atomic mass is 10.1. The fraction of sp³-hybridized carbons (Fsp3) is 0.188. The van der Waals surface area contributed by atoms with Crippen LogP contribution < -0.4 is 10.8 Å². The molecule has 0 aromatic heterocycles. The van der Waals surface area contributed by atoms with Crippen LogP contribution in [0.1, 0.15) is 11.1 Å².